The number of nitriles is 1. The highest BCUT2D eigenvalue weighted by Crippen LogP contribution is 2.11. The van der Waals surface area contributed by atoms with Gasteiger partial charge in [0.2, 0.25) is 0 Å². The van der Waals surface area contributed by atoms with Crippen molar-refractivity contribution in [2.45, 2.75) is 33.2 Å². The Morgan fingerprint density at radius 3 is 2.83 bits per heavy atom. The summed E-state index contributed by atoms with van der Waals surface area (Å²) in [5.74, 6) is 0.690. The third-order valence-electron chi connectivity index (χ3n) is 3.26. The van der Waals surface area contributed by atoms with Crippen LogP contribution < -0.4 is 5.32 Å². The van der Waals surface area contributed by atoms with Gasteiger partial charge in [-0.05, 0) is 39.4 Å². The van der Waals surface area contributed by atoms with Crippen LogP contribution in [0.5, 0.6) is 0 Å². The lowest BCUT2D eigenvalue weighted by molar-refractivity contribution is 0.261. The first-order valence-electron chi connectivity index (χ1n) is 6.40. The van der Waals surface area contributed by atoms with Crippen LogP contribution >= 0.6 is 0 Å². The molecule has 18 heavy (non-hydrogen) atoms. The highest BCUT2D eigenvalue weighted by Gasteiger charge is 2.07. The number of anilines is 1. The van der Waals surface area contributed by atoms with Crippen LogP contribution in [0, 0.1) is 18.3 Å². The quantitative estimate of drug-likeness (QED) is 0.837. The Kier molecular flexibility index (Phi) is 5.60. The second-order valence-electron chi connectivity index (χ2n) is 4.63. The Morgan fingerprint density at radius 2 is 2.22 bits per heavy atom. The summed E-state index contributed by atoms with van der Waals surface area (Å²) in [7, 11) is 2.12. The fourth-order valence-corrected chi connectivity index (χ4v) is 1.66. The van der Waals surface area contributed by atoms with E-state index < -0.39 is 0 Å². The molecule has 0 aliphatic carbocycles. The zero-order chi connectivity index (χ0) is 13.5. The van der Waals surface area contributed by atoms with Crippen LogP contribution in [0.1, 0.15) is 31.5 Å². The van der Waals surface area contributed by atoms with Gasteiger partial charge in [0.25, 0.3) is 0 Å². The average Bonchev–Trinajstić information content (AvgIpc) is 2.38. The van der Waals surface area contributed by atoms with Crippen LogP contribution in [0.25, 0.3) is 0 Å². The summed E-state index contributed by atoms with van der Waals surface area (Å²) in [6.07, 6.45) is 1.14. The van der Waals surface area contributed by atoms with E-state index in [0.717, 1.165) is 25.2 Å². The number of nitrogens with one attached hydrogen (secondary N) is 1. The van der Waals surface area contributed by atoms with E-state index in [1.54, 1.807) is 0 Å². The molecule has 0 radical (unpaired) electrons. The first-order valence-corrected chi connectivity index (χ1v) is 6.40. The van der Waals surface area contributed by atoms with Crippen molar-refractivity contribution in [2.24, 2.45) is 0 Å². The molecule has 1 aromatic heterocycles. The molecule has 0 amide bonds. The number of likely N-dealkylation sites (N-methyl/N-ethyl adjacent to an activating group) is 1. The van der Waals surface area contributed by atoms with Gasteiger partial charge in [-0.15, -0.1) is 0 Å². The molecular formula is C14H22N4. The van der Waals surface area contributed by atoms with Crippen LogP contribution in [-0.2, 0) is 0 Å². The summed E-state index contributed by atoms with van der Waals surface area (Å²) in [5.41, 5.74) is 1.53. The second kappa shape index (κ2) is 6.97. The minimum atomic E-state index is 0.577. The molecule has 0 spiro atoms. The molecule has 0 aliphatic heterocycles. The van der Waals surface area contributed by atoms with Gasteiger partial charge in [-0.1, -0.05) is 6.92 Å². The van der Waals surface area contributed by atoms with Crippen LogP contribution in [0.2, 0.25) is 0 Å². The van der Waals surface area contributed by atoms with Gasteiger partial charge in [0.05, 0.1) is 5.56 Å². The lowest BCUT2D eigenvalue weighted by Crippen LogP contribution is -2.32. The molecule has 4 nitrogen and oxygen atoms in total. The van der Waals surface area contributed by atoms with Crippen molar-refractivity contribution in [2.75, 3.05) is 25.5 Å². The molecule has 0 aromatic carbocycles. The molecule has 98 valence electrons. The number of aryl methyl sites for hydroxylation is 1. The third kappa shape index (κ3) is 4.01. The smallest absolute Gasteiger partial charge is 0.144 e. The van der Waals surface area contributed by atoms with Crippen molar-refractivity contribution in [1.82, 2.24) is 9.88 Å². The summed E-state index contributed by atoms with van der Waals surface area (Å²) in [6.45, 7) is 8.06. The van der Waals surface area contributed by atoms with Gasteiger partial charge in [-0.3, -0.25) is 0 Å². The Morgan fingerprint density at radius 1 is 1.50 bits per heavy atom. The number of hydrogen-bond acceptors (Lipinski definition) is 4. The van der Waals surface area contributed by atoms with Gasteiger partial charge in [-0.2, -0.15) is 5.26 Å². The van der Waals surface area contributed by atoms with E-state index >= 15 is 0 Å². The monoisotopic (exact) mass is 246 g/mol. The summed E-state index contributed by atoms with van der Waals surface area (Å²) in [4.78, 5) is 6.65. The second-order valence-corrected chi connectivity index (χ2v) is 4.63. The van der Waals surface area contributed by atoms with Gasteiger partial charge in [0, 0.05) is 24.8 Å². The fourth-order valence-electron chi connectivity index (χ4n) is 1.66. The first kappa shape index (κ1) is 14.5. The number of rotatable bonds is 6. The normalized spacial score (nSPS) is 12.2. The maximum absolute atomic E-state index is 9.00. The molecule has 4 heteroatoms. The predicted octanol–water partition coefficient (Wildman–Crippen LogP) is 2.40. The summed E-state index contributed by atoms with van der Waals surface area (Å²) in [6, 6.07) is 6.40. The number of nitrogens with zero attached hydrogens (tertiary/aromatic N) is 3. The number of pyridine rings is 1. The molecule has 0 aliphatic rings. The highest BCUT2D eigenvalue weighted by molar-refractivity contribution is 5.52. The summed E-state index contributed by atoms with van der Waals surface area (Å²) in [5, 5.41) is 12.2. The topological polar surface area (TPSA) is 52.0 Å². The number of hydrogen-bond donors (Lipinski definition) is 1. The molecule has 0 saturated carbocycles. The SMILES string of the molecule is CCC(C)N(C)CCNc1nc(C)ccc1C#N. The Hall–Kier alpha value is -1.60. The van der Waals surface area contributed by atoms with E-state index in [4.69, 9.17) is 5.26 Å². The molecule has 1 rings (SSSR count). The van der Waals surface area contributed by atoms with Gasteiger partial charge in [-0.25, -0.2) is 4.98 Å². The zero-order valence-corrected chi connectivity index (χ0v) is 11.7. The van der Waals surface area contributed by atoms with Crippen molar-refractivity contribution < 1.29 is 0 Å². The van der Waals surface area contributed by atoms with Crippen LogP contribution in [-0.4, -0.2) is 36.1 Å². The van der Waals surface area contributed by atoms with Crippen molar-refractivity contribution in [3.8, 4) is 6.07 Å². The Bertz CT molecular complexity index is 422. The van der Waals surface area contributed by atoms with Gasteiger partial charge >= 0.3 is 0 Å². The fraction of sp³-hybridized carbons (Fsp3) is 0.571. The molecule has 0 fully saturated rings. The average molecular weight is 246 g/mol. The molecular weight excluding hydrogens is 224 g/mol. The number of aromatic nitrogens is 1. The van der Waals surface area contributed by atoms with E-state index in [1.807, 2.05) is 19.1 Å². The largest absolute Gasteiger partial charge is 0.368 e. The standard InChI is InChI=1S/C14H22N4/c1-5-12(3)18(4)9-8-16-14-13(10-15)7-6-11(2)17-14/h6-7,12H,5,8-9H2,1-4H3,(H,16,17). The Balaban J connectivity index is 2.54. The molecule has 1 atom stereocenters. The summed E-state index contributed by atoms with van der Waals surface area (Å²) < 4.78 is 0. The highest BCUT2D eigenvalue weighted by atomic mass is 15.1. The molecule has 0 bridgehead atoms. The Labute approximate surface area is 110 Å². The van der Waals surface area contributed by atoms with Crippen molar-refractivity contribution in [1.29, 1.82) is 5.26 Å². The van der Waals surface area contributed by atoms with Gasteiger partial charge in [0.15, 0.2) is 0 Å². The van der Waals surface area contributed by atoms with E-state index in [-0.39, 0.29) is 0 Å². The van der Waals surface area contributed by atoms with Gasteiger partial charge < -0.3 is 10.2 Å². The first-order chi connectivity index (χ1) is 8.58. The molecule has 0 saturated heterocycles. The van der Waals surface area contributed by atoms with E-state index in [0.29, 0.717) is 17.4 Å². The van der Waals surface area contributed by atoms with Crippen molar-refractivity contribution in [3.05, 3.63) is 23.4 Å². The van der Waals surface area contributed by atoms with E-state index in [9.17, 15) is 0 Å². The molecule has 1 unspecified atom stereocenters. The minimum absolute atomic E-state index is 0.577. The van der Waals surface area contributed by atoms with Crippen molar-refractivity contribution in [3.63, 3.8) is 0 Å². The third-order valence-corrected chi connectivity index (χ3v) is 3.26. The molecule has 1 N–H and O–H groups in total. The summed E-state index contributed by atoms with van der Waals surface area (Å²) >= 11 is 0. The van der Waals surface area contributed by atoms with Crippen LogP contribution in [0.4, 0.5) is 5.82 Å². The predicted molar refractivity (Wildman–Crippen MR) is 74.6 cm³/mol. The van der Waals surface area contributed by atoms with E-state index in [2.05, 4.69) is 42.2 Å². The lowest BCUT2D eigenvalue weighted by atomic mass is 10.2. The van der Waals surface area contributed by atoms with Crippen molar-refractivity contribution >= 4 is 5.82 Å². The minimum Gasteiger partial charge on any atom is -0.368 e. The van der Waals surface area contributed by atoms with Crippen LogP contribution in [0.3, 0.4) is 0 Å². The maximum atomic E-state index is 9.00. The van der Waals surface area contributed by atoms with Crippen LogP contribution in [0.15, 0.2) is 12.1 Å². The van der Waals surface area contributed by atoms with Gasteiger partial charge in [0.1, 0.15) is 11.9 Å². The lowest BCUT2D eigenvalue weighted by Gasteiger charge is -2.23. The molecule has 1 aromatic rings. The zero-order valence-electron chi connectivity index (χ0n) is 11.7. The maximum Gasteiger partial charge on any atom is 0.144 e. The van der Waals surface area contributed by atoms with E-state index in [1.165, 1.54) is 0 Å². The molecule has 1 heterocycles.